The number of hydrogen-bond acceptors (Lipinski definition) is 7. The number of rotatable bonds is 14. The number of ether oxygens (including phenoxy) is 3. The van der Waals surface area contributed by atoms with Crippen LogP contribution in [-0.4, -0.2) is 68.9 Å². The van der Waals surface area contributed by atoms with Gasteiger partial charge in [-0.05, 0) is 55.5 Å². The Hall–Kier alpha value is -2.26. The van der Waals surface area contributed by atoms with Crippen LogP contribution in [0.3, 0.4) is 0 Å². The number of hydrogen-bond donors (Lipinski definition) is 0. The summed E-state index contributed by atoms with van der Waals surface area (Å²) in [4.78, 5) is 31.0. The highest BCUT2D eigenvalue weighted by Gasteiger charge is 2.29. The number of nitrogens with zero attached hydrogens (tertiary/aromatic N) is 2. The largest absolute Gasteiger partial charge is 0.460 e. The predicted molar refractivity (Wildman–Crippen MR) is 151 cm³/mol. The van der Waals surface area contributed by atoms with E-state index in [9.17, 15) is 9.59 Å². The highest BCUT2D eigenvalue weighted by Crippen LogP contribution is 2.27. The third-order valence-electron chi connectivity index (χ3n) is 7.26. The van der Waals surface area contributed by atoms with Crippen molar-refractivity contribution in [2.45, 2.75) is 70.9 Å². The van der Waals surface area contributed by atoms with Crippen molar-refractivity contribution in [3.05, 3.63) is 51.7 Å². The van der Waals surface area contributed by atoms with Crippen LogP contribution in [0.5, 0.6) is 0 Å². The number of morpholine rings is 1. The Morgan fingerprint density at radius 3 is 2.68 bits per heavy atom. The molecule has 208 valence electrons. The molecule has 8 heteroatoms. The number of aryl methyl sites for hydroxylation is 1. The molecule has 38 heavy (non-hydrogen) atoms. The van der Waals surface area contributed by atoms with E-state index in [0.717, 1.165) is 62.7 Å². The summed E-state index contributed by atoms with van der Waals surface area (Å²) in [7, 11) is 0. The van der Waals surface area contributed by atoms with E-state index >= 15 is 0 Å². The first-order valence-corrected chi connectivity index (χ1v) is 15.0. The van der Waals surface area contributed by atoms with Gasteiger partial charge in [-0.15, -0.1) is 11.3 Å². The van der Waals surface area contributed by atoms with Crippen molar-refractivity contribution in [1.29, 1.82) is 0 Å². The third-order valence-corrected chi connectivity index (χ3v) is 8.30. The number of benzene rings is 1. The zero-order valence-electron chi connectivity index (χ0n) is 22.7. The molecule has 2 aliphatic rings. The quantitative estimate of drug-likeness (QED) is 0.233. The molecule has 1 atom stereocenters. The van der Waals surface area contributed by atoms with Gasteiger partial charge in [0.1, 0.15) is 11.5 Å². The number of amides is 1. The molecule has 0 N–H and O–H groups in total. The molecule has 0 radical (unpaired) electrons. The number of piperidine rings is 1. The lowest BCUT2D eigenvalue weighted by molar-refractivity contribution is -0.120. The molecule has 2 saturated heterocycles. The molecular formula is C30H42N2O5S. The van der Waals surface area contributed by atoms with E-state index in [2.05, 4.69) is 36.1 Å². The molecule has 0 saturated carbocycles. The molecular weight excluding hydrogens is 500 g/mol. The lowest BCUT2D eigenvalue weighted by atomic mass is 10.00. The van der Waals surface area contributed by atoms with Crippen molar-refractivity contribution in [3.63, 3.8) is 0 Å². The van der Waals surface area contributed by atoms with Gasteiger partial charge in [-0.25, -0.2) is 4.79 Å². The lowest BCUT2D eigenvalue weighted by Crippen LogP contribution is -2.46. The maximum Gasteiger partial charge on any atom is 0.348 e. The van der Waals surface area contributed by atoms with Crippen LogP contribution in [0.25, 0.3) is 0 Å². The van der Waals surface area contributed by atoms with Gasteiger partial charge in [0.05, 0.1) is 32.5 Å². The van der Waals surface area contributed by atoms with Gasteiger partial charge in [-0.1, -0.05) is 38.3 Å². The molecule has 1 amide bonds. The van der Waals surface area contributed by atoms with Crippen LogP contribution < -0.4 is 4.90 Å². The van der Waals surface area contributed by atoms with E-state index in [1.165, 1.54) is 42.6 Å². The Labute approximate surface area is 231 Å². The number of carbonyl (C=O) groups is 2. The van der Waals surface area contributed by atoms with Gasteiger partial charge in [-0.3, -0.25) is 9.69 Å². The first kappa shape index (κ1) is 28.7. The van der Waals surface area contributed by atoms with E-state index in [0.29, 0.717) is 31.1 Å². The first-order valence-electron chi connectivity index (χ1n) is 14.2. The van der Waals surface area contributed by atoms with Gasteiger partial charge < -0.3 is 19.1 Å². The van der Waals surface area contributed by atoms with Crippen molar-refractivity contribution in [3.8, 4) is 0 Å². The van der Waals surface area contributed by atoms with E-state index in [4.69, 9.17) is 14.2 Å². The zero-order valence-corrected chi connectivity index (χ0v) is 23.5. The summed E-state index contributed by atoms with van der Waals surface area (Å²) in [6, 6.07) is 12.2. The average Bonchev–Trinajstić information content (AvgIpc) is 3.41. The van der Waals surface area contributed by atoms with Gasteiger partial charge in [0, 0.05) is 36.6 Å². The number of esters is 1. The summed E-state index contributed by atoms with van der Waals surface area (Å²) in [6.07, 6.45) is 8.49. The second-order valence-electron chi connectivity index (χ2n) is 10.2. The molecule has 0 spiro atoms. The van der Waals surface area contributed by atoms with Crippen molar-refractivity contribution in [2.75, 3.05) is 51.0 Å². The molecule has 1 aromatic heterocycles. The molecule has 2 aromatic rings. The molecule has 0 bridgehead atoms. The normalized spacial score (nSPS) is 18.6. The monoisotopic (exact) mass is 542 g/mol. The topological polar surface area (TPSA) is 68.3 Å². The minimum Gasteiger partial charge on any atom is -0.460 e. The second kappa shape index (κ2) is 15.4. The van der Waals surface area contributed by atoms with Crippen LogP contribution in [-0.2, 0) is 32.0 Å². The average molecular weight is 543 g/mol. The Morgan fingerprint density at radius 1 is 1.08 bits per heavy atom. The van der Waals surface area contributed by atoms with E-state index in [-0.39, 0.29) is 17.9 Å². The Morgan fingerprint density at radius 2 is 1.89 bits per heavy atom. The highest BCUT2D eigenvalue weighted by molar-refractivity contribution is 7.13. The molecule has 7 nitrogen and oxygen atoms in total. The highest BCUT2D eigenvalue weighted by atomic mass is 32.1. The maximum absolute atomic E-state index is 12.8. The van der Waals surface area contributed by atoms with Crippen LogP contribution in [0.15, 0.2) is 36.4 Å². The Bertz CT molecular complexity index is 1000. The number of carbonyl (C=O) groups excluding carboxylic acids is 2. The Kier molecular flexibility index (Phi) is 11.6. The third kappa shape index (κ3) is 8.63. The molecule has 0 aliphatic carbocycles. The second-order valence-corrected chi connectivity index (χ2v) is 11.3. The fourth-order valence-corrected chi connectivity index (χ4v) is 5.90. The van der Waals surface area contributed by atoms with Gasteiger partial charge in [0.15, 0.2) is 0 Å². The summed E-state index contributed by atoms with van der Waals surface area (Å²) < 4.78 is 16.9. The summed E-state index contributed by atoms with van der Waals surface area (Å²) >= 11 is 1.41. The zero-order chi connectivity index (χ0) is 26.6. The van der Waals surface area contributed by atoms with Crippen LogP contribution in [0.2, 0.25) is 0 Å². The number of unbranched alkanes of at least 4 members (excludes halogenated alkanes) is 3. The molecule has 4 rings (SSSR count). The van der Waals surface area contributed by atoms with Crippen LogP contribution in [0.1, 0.15) is 72.0 Å². The van der Waals surface area contributed by atoms with E-state index in [1.54, 1.807) is 6.07 Å². The van der Waals surface area contributed by atoms with Gasteiger partial charge >= 0.3 is 5.97 Å². The van der Waals surface area contributed by atoms with Gasteiger partial charge in [-0.2, -0.15) is 0 Å². The summed E-state index contributed by atoms with van der Waals surface area (Å²) in [5.74, 6) is -0.119. The van der Waals surface area contributed by atoms with Crippen LogP contribution in [0, 0.1) is 0 Å². The standard InChI is InChI=1S/C30H42N2O5S/c1-2-3-4-5-7-24-10-12-25(13-11-24)32-26(8-6-9-29(32)33)22-36-23-27-14-15-28(38-27)30(34)37-21-18-31-16-19-35-20-17-31/h10-15,26H,2-9,16-23H2,1H3/t26-/m1/s1. The van der Waals surface area contributed by atoms with Crippen molar-refractivity contribution < 1.29 is 23.8 Å². The van der Waals surface area contributed by atoms with E-state index < -0.39 is 0 Å². The fraction of sp³-hybridized carbons (Fsp3) is 0.600. The fourth-order valence-electron chi connectivity index (χ4n) is 5.06. The van der Waals surface area contributed by atoms with E-state index in [1.807, 2.05) is 11.0 Å². The lowest BCUT2D eigenvalue weighted by Gasteiger charge is -2.35. The SMILES string of the molecule is CCCCCCc1ccc(N2C(=O)CCC[C@@H]2COCc2ccc(C(=O)OCCN3CCOCC3)s2)cc1. The Balaban J connectivity index is 1.23. The van der Waals surface area contributed by atoms with Crippen molar-refractivity contribution in [2.24, 2.45) is 0 Å². The summed E-state index contributed by atoms with van der Waals surface area (Å²) in [5, 5.41) is 0. The molecule has 2 aliphatic heterocycles. The molecule has 0 unspecified atom stereocenters. The van der Waals surface area contributed by atoms with Crippen LogP contribution in [0.4, 0.5) is 5.69 Å². The summed E-state index contributed by atoms with van der Waals surface area (Å²) in [6.45, 7) is 7.47. The number of thiophene rings is 1. The predicted octanol–water partition coefficient (Wildman–Crippen LogP) is 5.46. The van der Waals surface area contributed by atoms with Crippen molar-refractivity contribution in [1.82, 2.24) is 4.90 Å². The minimum atomic E-state index is -0.285. The summed E-state index contributed by atoms with van der Waals surface area (Å²) in [5.41, 5.74) is 2.29. The molecule has 2 fully saturated rings. The van der Waals surface area contributed by atoms with Gasteiger partial charge in [0.25, 0.3) is 0 Å². The number of anilines is 1. The minimum absolute atomic E-state index is 0.0243. The van der Waals surface area contributed by atoms with Gasteiger partial charge in [0.2, 0.25) is 5.91 Å². The van der Waals surface area contributed by atoms with Crippen LogP contribution >= 0.6 is 11.3 Å². The molecule has 1 aromatic carbocycles. The first-order chi connectivity index (χ1) is 18.6. The maximum atomic E-state index is 12.8. The molecule has 3 heterocycles. The van der Waals surface area contributed by atoms with Crippen molar-refractivity contribution >= 4 is 28.9 Å². The smallest absolute Gasteiger partial charge is 0.348 e.